The topological polar surface area (TPSA) is 64.6 Å². The van der Waals surface area contributed by atoms with E-state index >= 15 is 0 Å². The second kappa shape index (κ2) is 6.06. The molecule has 0 bridgehead atoms. The highest BCUT2D eigenvalue weighted by Crippen LogP contribution is 2.29. The minimum Gasteiger partial charge on any atom is -0.493 e. The molecule has 1 aromatic carbocycles. The molecule has 0 saturated carbocycles. The molecule has 5 nitrogen and oxygen atoms in total. The quantitative estimate of drug-likeness (QED) is 0.857. The summed E-state index contributed by atoms with van der Waals surface area (Å²) in [5.41, 5.74) is 0.824. The van der Waals surface area contributed by atoms with Gasteiger partial charge in [0.2, 0.25) is 10.0 Å². The molecule has 1 N–H and O–H groups in total. The van der Waals surface area contributed by atoms with E-state index in [1.54, 1.807) is 40.2 Å². The van der Waals surface area contributed by atoms with Gasteiger partial charge in [0.1, 0.15) is 0 Å². The molecule has 0 saturated heterocycles. The number of sulfonamides is 1. The number of hydrogen-bond acceptors (Lipinski definition) is 4. The molecule has 0 fully saturated rings. The van der Waals surface area contributed by atoms with E-state index in [9.17, 15) is 8.42 Å². The maximum Gasteiger partial charge on any atom is 0.211 e. The van der Waals surface area contributed by atoms with Crippen molar-refractivity contribution >= 4 is 10.0 Å². The normalized spacial score (nSPS) is 13.1. The zero-order valence-corrected chi connectivity index (χ0v) is 11.9. The van der Waals surface area contributed by atoms with Gasteiger partial charge in [0.25, 0.3) is 0 Å². The van der Waals surface area contributed by atoms with Crippen LogP contribution in [0.4, 0.5) is 0 Å². The highest BCUT2D eigenvalue weighted by molar-refractivity contribution is 7.89. The number of methoxy groups -OCH3 is 2. The Morgan fingerprint density at radius 3 is 2.33 bits per heavy atom. The van der Waals surface area contributed by atoms with Crippen LogP contribution in [0.15, 0.2) is 18.2 Å². The van der Waals surface area contributed by atoms with E-state index < -0.39 is 10.0 Å². The summed E-state index contributed by atoms with van der Waals surface area (Å²) in [6.07, 6.45) is 0. The van der Waals surface area contributed by atoms with Gasteiger partial charge in [-0.3, -0.25) is 0 Å². The van der Waals surface area contributed by atoms with Crippen molar-refractivity contribution in [2.24, 2.45) is 0 Å². The molecule has 1 atom stereocenters. The molecule has 18 heavy (non-hydrogen) atoms. The number of benzene rings is 1. The molecule has 1 rings (SSSR count). The third-order valence-corrected chi connectivity index (χ3v) is 4.12. The van der Waals surface area contributed by atoms with E-state index in [1.165, 1.54) is 0 Å². The molecule has 0 aliphatic heterocycles. The van der Waals surface area contributed by atoms with E-state index in [0.717, 1.165) is 5.56 Å². The van der Waals surface area contributed by atoms with Crippen LogP contribution in [0, 0.1) is 0 Å². The highest BCUT2D eigenvalue weighted by Gasteiger charge is 2.15. The lowest BCUT2D eigenvalue weighted by molar-refractivity contribution is 0.354. The summed E-state index contributed by atoms with van der Waals surface area (Å²) in [7, 11) is -0.124. The van der Waals surface area contributed by atoms with Crippen molar-refractivity contribution in [2.45, 2.75) is 19.9 Å². The van der Waals surface area contributed by atoms with E-state index in [2.05, 4.69) is 4.72 Å². The molecule has 0 spiro atoms. The molecule has 6 heteroatoms. The third-order valence-electron chi connectivity index (χ3n) is 2.64. The van der Waals surface area contributed by atoms with Crippen molar-refractivity contribution in [2.75, 3.05) is 20.0 Å². The van der Waals surface area contributed by atoms with Gasteiger partial charge in [-0.15, -0.1) is 0 Å². The van der Waals surface area contributed by atoms with Crippen LogP contribution < -0.4 is 14.2 Å². The number of hydrogen-bond donors (Lipinski definition) is 1. The summed E-state index contributed by atoms with van der Waals surface area (Å²) in [6.45, 7) is 3.39. The lowest BCUT2D eigenvalue weighted by Crippen LogP contribution is -2.28. The SMILES string of the molecule is CCS(=O)(=O)NC(C)c1ccc(OC)c(OC)c1. The number of ether oxygens (including phenoxy) is 2. The maximum atomic E-state index is 11.5. The Bertz CT molecular complexity index is 499. The van der Waals surface area contributed by atoms with Crippen molar-refractivity contribution in [3.63, 3.8) is 0 Å². The zero-order chi connectivity index (χ0) is 13.8. The summed E-state index contributed by atoms with van der Waals surface area (Å²) < 4.78 is 35.9. The van der Waals surface area contributed by atoms with Crippen molar-refractivity contribution < 1.29 is 17.9 Å². The van der Waals surface area contributed by atoms with Crippen molar-refractivity contribution in [3.8, 4) is 11.5 Å². The summed E-state index contributed by atoms with van der Waals surface area (Å²) in [6, 6.07) is 5.02. The van der Waals surface area contributed by atoms with Crippen molar-refractivity contribution in [1.82, 2.24) is 4.72 Å². The molecule has 0 aromatic heterocycles. The van der Waals surface area contributed by atoms with Crippen LogP contribution in [-0.2, 0) is 10.0 Å². The molecule has 1 aromatic rings. The molecule has 0 radical (unpaired) electrons. The summed E-state index contributed by atoms with van der Waals surface area (Å²) in [5.74, 6) is 1.26. The average molecular weight is 273 g/mol. The minimum atomic E-state index is -3.22. The van der Waals surface area contributed by atoms with Crippen LogP contribution in [0.3, 0.4) is 0 Å². The monoisotopic (exact) mass is 273 g/mol. The predicted molar refractivity (Wildman–Crippen MR) is 70.6 cm³/mol. The first-order valence-corrected chi connectivity index (χ1v) is 7.30. The Hall–Kier alpha value is -1.27. The third kappa shape index (κ3) is 3.61. The molecule has 102 valence electrons. The molecular formula is C12H19NO4S. The lowest BCUT2D eigenvalue weighted by Gasteiger charge is -2.16. The molecule has 0 heterocycles. The second-order valence-electron chi connectivity index (χ2n) is 3.86. The summed E-state index contributed by atoms with van der Waals surface area (Å²) in [5, 5.41) is 0. The molecule has 0 aliphatic rings. The molecule has 0 aliphatic carbocycles. The van der Waals surface area contributed by atoms with E-state index in [-0.39, 0.29) is 11.8 Å². The highest BCUT2D eigenvalue weighted by atomic mass is 32.2. The average Bonchev–Trinajstić information content (AvgIpc) is 2.37. The maximum absolute atomic E-state index is 11.5. The van der Waals surface area contributed by atoms with Gasteiger partial charge in [-0.25, -0.2) is 13.1 Å². The number of nitrogens with one attached hydrogen (secondary N) is 1. The number of rotatable bonds is 6. The fourth-order valence-corrected chi connectivity index (χ4v) is 2.38. The van der Waals surface area contributed by atoms with Crippen LogP contribution >= 0.6 is 0 Å². The van der Waals surface area contributed by atoms with Gasteiger partial charge >= 0.3 is 0 Å². The predicted octanol–water partition coefficient (Wildman–Crippen LogP) is 1.70. The Kier molecular flexibility index (Phi) is 4.98. The van der Waals surface area contributed by atoms with Gasteiger partial charge in [0.15, 0.2) is 11.5 Å². The molecule has 0 amide bonds. The minimum absolute atomic E-state index is 0.0601. The summed E-state index contributed by atoms with van der Waals surface area (Å²) >= 11 is 0. The smallest absolute Gasteiger partial charge is 0.211 e. The van der Waals surface area contributed by atoms with Crippen LogP contribution in [0.1, 0.15) is 25.5 Å². The van der Waals surface area contributed by atoms with Crippen LogP contribution in [0.25, 0.3) is 0 Å². The van der Waals surface area contributed by atoms with Crippen LogP contribution in [0.2, 0.25) is 0 Å². The van der Waals surface area contributed by atoms with Gasteiger partial charge in [-0.2, -0.15) is 0 Å². The summed E-state index contributed by atoms with van der Waals surface area (Å²) in [4.78, 5) is 0. The molecule has 1 unspecified atom stereocenters. The standard InChI is InChI=1S/C12H19NO4S/c1-5-18(14,15)13-9(2)10-6-7-11(16-3)12(8-10)17-4/h6-9,13H,5H2,1-4H3. The van der Waals surface area contributed by atoms with Gasteiger partial charge < -0.3 is 9.47 Å². The van der Waals surface area contributed by atoms with Crippen LogP contribution in [-0.4, -0.2) is 28.4 Å². The first-order chi connectivity index (χ1) is 8.43. The van der Waals surface area contributed by atoms with Crippen molar-refractivity contribution in [3.05, 3.63) is 23.8 Å². The Balaban J connectivity index is 2.97. The van der Waals surface area contributed by atoms with Crippen LogP contribution in [0.5, 0.6) is 11.5 Å². The van der Waals surface area contributed by atoms with Gasteiger partial charge in [0.05, 0.1) is 20.0 Å². The van der Waals surface area contributed by atoms with E-state index in [0.29, 0.717) is 11.5 Å². The Morgan fingerprint density at radius 2 is 1.83 bits per heavy atom. The lowest BCUT2D eigenvalue weighted by atomic mass is 10.1. The van der Waals surface area contributed by atoms with Gasteiger partial charge in [-0.1, -0.05) is 6.07 Å². The largest absolute Gasteiger partial charge is 0.493 e. The first-order valence-electron chi connectivity index (χ1n) is 5.65. The second-order valence-corrected chi connectivity index (χ2v) is 5.90. The fourth-order valence-electron chi connectivity index (χ4n) is 1.54. The fraction of sp³-hybridized carbons (Fsp3) is 0.500. The Morgan fingerprint density at radius 1 is 1.22 bits per heavy atom. The molecular weight excluding hydrogens is 254 g/mol. The van der Waals surface area contributed by atoms with Crippen molar-refractivity contribution in [1.29, 1.82) is 0 Å². The Labute approximate surface area is 108 Å². The van der Waals surface area contributed by atoms with Gasteiger partial charge in [0, 0.05) is 6.04 Å². The first kappa shape index (κ1) is 14.8. The van der Waals surface area contributed by atoms with E-state index in [4.69, 9.17) is 9.47 Å². The zero-order valence-electron chi connectivity index (χ0n) is 11.1. The van der Waals surface area contributed by atoms with Gasteiger partial charge in [-0.05, 0) is 31.5 Å². The van der Waals surface area contributed by atoms with E-state index in [1.807, 2.05) is 6.07 Å².